The largest absolute Gasteiger partial charge is 0.497 e. The zero-order chi connectivity index (χ0) is 86.9. The molecule has 35 heteroatoms. The number of fused-ring (bicyclic) bond motifs is 3. The van der Waals surface area contributed by atoms with E-state index >= 15 is 0 Å². The average molecular weight is 1940 g/mol. The monoisotopic (exact) mass is 1930 g/mol. The molecule has 0 atom stereocenters. The lowest BCUT2D eigenvalue weighted by Gasteiger charge is -2.19. The first-order valence-electron chi connectivity index (χ1n) is 37.0. The number of carbonyl (C=O) groups is 4. The molecule has 0 fully saturated rings. The van der Waals surface area contributed by atoms with Gasteiger partial charge < -0.3 is 71.1 Å². The van der Waals surface area contributed by atoms with Crippen molar-refractivity contribution in [3.63, 3.8) is 0 Å². The normalized spacial score (nSPS) is 11.1. The molecule has 0 radical (unpaired) electrons. The maximum Gasteiger partial charge on any atom is 0.492 e. The smallest absolute Gasteiger partial charge is 0.492 e. The third kappa shape index (κ3) is 28.5. The highest BCUT2D eigenvalue weighted by Crippen LogP contribution is 2.43. The van der Waals surface area contributed by atoms with Crippen LogP contribution in [0.1, 0.15) is 111 Å². The molecule has 2 aromatic heterocycles. The zero-order valence-corrected chi connectivity index (χ0v) is 74.8. The van der Waals surface area contributed by atoms with Crippen molar-refractivity contribution in [2.75, 3.05) is 102 Å². The second kappa shape index (κ2) is 49.2. The highest BCUT2D eigenvalue weighted by molar-refractivity contribution is 9.11. The number of aliphatic hydroxyl groups excluding tert-OH is 1. The third-order valence-electron chi connectivity index (χ3n) is 18.3. The molecule has 628 valence electrons. The van der Waals surface area contributed by atoms with Crippen LogP contribution in [0.4, 0.5) is 47.7 Å². The Morgan fingerprint density at radius 2 is 0.966 bits per heavy atom. The van der Waals surface area contributed by atoms with Gasteiger partial charge in [-0.3, -0.25) is 34.5 Å². The van der Waals surface area contributed by atoms with E-state index in [0.29, 0.717) is 80.1 Å². The molecular weight excluding hydrogens is 1840 g/mol. The number of ether oxygens (including phenoxy) is 4. The number of Topliss-reactive ketones (excluding diaryl/α,β-unsaturated/α-hetero) is 1. The number of anilines is 4. The molecule has 1 aliphatic heterocycles. The van der Waals surface area contributed by atoms with E-state index in [0.717, 1.165) is 128 Å². The molecule has 2 amide bonds. The number of nitrogens with zero attached hydrogens (tertiary/aromatic N) is 6. The van der Waals surface area contributed by atoms with Crippen LogP contribution in [0.5, 0.6) is 23.3 Å². The van der Waals surface area contributed by atoms with Crippen LogP contribution in [0.2, 0.25) is 0 Å². The number of aromatic nitrogens is 2. The van der Waals surface area contributed by atoms with Gasteiger partial charge >= 0.3 is 19.2 Å². The number of hydrogen-bond acceptors (Lipinski definition) is 23. The van der Waals surface area contributed by atoms with Crippen molar-refractivity contribution in [3.05, 3.63) is 210 Å². The number of nitrogens with two attached hydrogens (primary N) is 2. The van der Waals surface area contributed by atoms with E-state index < -0.39 is 36.7 Å². The summed E-state index contributed by atoms with van der Waals surface area (Å²) in [4.78, 5) is 82.1. The van der Waals surface area contributed by atoms with Gasteiger partial charge in [-0.25, -0.2) is 18.4 Å². The quantitative estimate of drug-likeness (QED) is 0.00788. The van der Waals surface area contributed by atoms with Crippen LogP contribution in [0.3, 0.4) is 0 Å². The molecule has 11 rings (SSSR count). The summed E-state index contributed by atoms with van der Waals surface area (Å²) in [6.45, 7) is 29.3. The summed E-state index contributed by atoms with van der Waals surface area (Å²) in [5, 5.41) is 58.6. The van der Waals surface area contributed by atoms with Crippen molar-refractivity contribution in [2.45, 2.75) is 95.1 Å². The number of rotatable bonds is 26. The second-order valence-corrected chi connectivity index (χ2v) is 30.0. The van der Waals surface area contributed by atoms with E-state index in [1.165, 1.54) is 51.2 Å². The highest BCUT2D eigenvalue weighted by Gasteiger charge is 2.31. The van der Waals surface area contributed by atoms with Crippen LogP contribution in [-0.2, 0) is 47.1 Å². The molecule has 0 saturated carbocycles. The lowest BCUT2D eigenvalue weighted by Crippen LogP contribution is -2.31. The Morgan fingerprint density at radius 3 is 1.46 bits per heavy atom. The lowest BCUT2D eigenvalue weighted by molar-refractivity contribution is -0.112. The Kier molecular flexibility index (Phi) is 41.4. The van der Waals surface area contributed by atoms with E-state index in [9.17, 15) is 48.0 Å². The molecule has 117 heavy (non-hydrogen) atoms. The van der Waals surface area contributed by atoms with Gasteiger partial charge in [0.1, 0.15) is 23.1 Å². The number of methoxy groups -OCH3 is 3. The van der Waals surface area contributed by atoms with Crippen LogP contribution >= 0.6 is 79.6 Å². The summed E-state index contributed by atoms with van der Waals surface area (Å²) in [6, 6.07) is 35.2. The second-order valence-electron chi connectivity index (χ2n) is 25.5. The molecule has 0 saturated heterocycles. The number of aromatic amines is 2. The maximum absolute atomic E-state index is 13.9. The molecule has 0 spiro atoms. The lowest BCUT2D eigenvalue weighted by atomic mass is 9.79. The number of halogens is 7. The van der Waals surface area contributed by atoms with Gasteiger partial charge in [0.15, 0.2) is 11.4 Å². The average Bonchev–Trinajstić information content (AvgIpc) is 1.65. The summed E-state index contributed by atoms with van der Waals surface area (Å²) in [6.07, 6.45) is -0.519. The number of H-pyrrole nitrogens is 2. The minimum absolute atomic E-state index is 0.0255. The van der Waals surface area contributed by atoms with E-state index in [1.54, 1.807) is 67.6 Å². The molecule has 8 aromatic carbocycles. The molecule has 0 aliphatic carbocycles. The third-order valence-corrected chi connectivity index (χ3v) is 20.7. The molecule has 1 aliphatic rings. The van der Waals surface area contributed by atoms with Gasteiger partial charge in [-0.2, -0.15) is 0 Å². The fourth-order valence-electron chi connectivity index (χ4n) is 11.8. The molecule has 0 bridgehead atoms. The van der Waals surface area contributed by atoms with Crippen molar-refractivity contribution < 1.29 is 72.3 Å². The van der Waals surface area contributed by atoms with E-state index in [1.807, 2.05) is 30.3 Å². The Hall–Kier alpha value is -9.24. The summed E-state index contributed by atoms with van der Waals surface area (Å²) in [7, 11) is 2.50. The number of benzene rings is 8. The first kappa shape index (κ1) is 98.3. The number of aliphatic hydroxyl groups is 1. The summed E-state index contributed by atoms with van der Waals surface area (Å²) < 4.78 is 50.3. The summed E-state index contributed by atoms with van der Waals surface area (Å²) in [5.41, 5.74) is 22.2. The van der Waals surface area contributed by atoms with Gasteiger partial charge in [0.05, 0.1) is 62.4 Å². The van der Waals surface area contributed by atoms with Gasteiger partial charge in [0.25, 0.3) is 11.7 Å². The number of ketones is 1. The predicted octanol–water partition coefficient (Wildman–Crippen LogP) is 17.9. The predicted molar refractivity (Wildman–Crippen MR) is 476 cm³/mol. The van der Waals surface area contributed by atoms with Crippen molar-refractivity contribution in [3.8, 4) is 34.4 Å². The van der Waals surface area contributed by atoms with Crippen LogP contribution in [0.25, 0.3) is 32.9 Å². The molecule has 0 unspecified atom stereocenters. The molecular formula is C82H98BBr5F2N12O15. The van der Waals surface area contributed by atoms with E-state index in [2.05, 4.69) is 196 Å². The van der Waals surface area contributed by atoms with Gasteiger partial charge in [-0.15, -0.1) is 9.81 Å². The van der Waals surface area contributed by atoms with Gasteiger partial charge in [-0.1, -0.05) is 135 Å². The number of nitrogens with one attached hydrogen (secondary N) is 4. The maximum atomic E-state index is 13.9. The standard InChI is InChI=1S/C20H22FN3O3.C13H16BrN3O2.C13H15BrN2O2.C11H17BrN2.C10H12BrNO3.C8H8BrNO2.C7H8BFO3/c1-4-24(5-2)11-13-8-12(15-10-14(21)6-7-17(15)27-3)9-16-18(13)22-20(25)19(16)23-26;1-3-17(4-2)7-8-5-9(14)6-10-11(8)15-13(18)12(10)16-19;1-3-16(4-2)7-8-5-9(14)6-10-11(8)15-13(18)12(10)17;1-3-14(4-2)8-9-7-10(12)5-6-11(9)13;1-2-15-10(14)12-9-4-3-8(11)5-7(9)6-13;1-12-8(11)6-4-5(9)2-3-7(6)10;1-12-7-3-2-5(9)4-6(7)8(10)11/h6-10,22,25H,4-5,11H2,1-3H3;5-6,15,18H,3-4,7H2,1-2H3;5-6H,3-4,7H2,1-2H3,(H,15,17,18);5-7H,3-4,8,13H2,1-2H3;3-5,13H,2,6H2,1H3,(H,12,14);2-4H,10H2,1H3;2-4,10-11H,1H3. The Labute approximate surface area is 720 Å². The van der Waals surface area contributed by atoms with Crippen LogP contribution in [0.15, 0.2) is 160 Å². The Morgan fingerprint density at radius 1 is 0.521 bits per heavy atom. The summed E-state index contributed by atoms with van der Waals surface area (Å²) >= 11 is 16.8. The van der Waals surface area contributed by atoms with Crippen LogP contribution in [0, 0.1) is 21.4 Å². The minimum Gasteiger partial charge on any atom is -0.497 e. The Balaban J connectivity index is 0.000000248. The molecule has 13 N–H and O–H groups in total. The van der Waals surface area contributed by atoms with Crippen molar-refractivity contribution in [1.29, 1.82) is 0 Å². The van der Waals surface area contributed by atoms with E-state index in [-0.39, 0.29) is 46.8 Å². The SMILES string of the molecule is CCN(CC)Cc1cc(-c2cc(F)ccc2OC)cc2c(N=O)c(O)[nH]c12.CCN(CC)Cc1cc(Br)cc2c(N=O)c(O)[nH]c12.CCN(CC)Cc1cc(Br)cc2c1NC(=O)C2=O.CCN(CC)Cc1cc(Br)ccc1N.CCOC(=O)Nc1ccc(Br)cc1CO.COC(=O)c1cc(Br)ccc1N.COc1ccc(F)cc1B(O)O. The van der Waals surface area contributed by atoms with Gasteiger partial charge in [0.2, 0.25) is 11.8 Å². The number of carbonyl (C=O) groups excluding carboxylic acids is 4. The zero-order valence-electron chi connectivity index (χ0n) is 66.9. The number of nitrogen functional groups attached to an aromatic ring is 2. The number of hydrogen-bond donors (Lipinski definition) is 11. The number of nitroso groups, excluding NO2 is 2. The molecule has 10 aromatic rings. The topological polar surface area (TPSA) is 386 Å². The molecule has 27 nitrogen and oxygen atoms in total. The fraction of sp³-hybridized carbons (Fsp3) is 0.317. The van der Waals surface area contributed by atoms with Crippen LogP contribution in [-0.4, -0.2) is 166 Å². The molecule has 3 heterocycles. The number of esters is 1. The highest BCUT2D eigenvalue weighted by atomic mass is 79.9. The van der Waals surface area contributed by atoms with Crippen LogP contribution < -0.4 is 37.0 Å². The number of aromatic hydroxyl groups is 2. The van der Waals surface area contributed by atoms with Gasteiger partial charge in [-0.05, 0) is 225 Å². The summed E-state index contributed by atoms with van der Waals surface area (Å²) in [5.74, 6) is -2.00. The van der Waals surface area contributed by atoms with E-state index in [4.69, 9.17) is 40.8 Å². The first-order chi connectivity index (χ1) is 55.8. The number of amides is 2. The Bertz CT molecular complexity index is 5010. The van der Waals surface area contributed by atoms with Crippen molar-refractivity contribution >= 4 is 172 Å². The fourth-order valence-corrected chi connectivity index (χ4v) is 14.0. The first-order valence-corrected chi connectivity index (χ1v) is 41.0. The minimum atomic E-state index is -1.71. The van der Waals surface area contributed by atoms with Crippen molar-refractivity contribution in [2.24, 2.45) is 10.4 Å². The van der Waals surface area contributed by atoms with Gasteiger partial charge in [0, 0.05) is 93.0 Å². The van der Waals surface area contributed by atoms with Crippen molar-refractivity contribution in [1.82, 2.24) is 29.6 Å².